The highest BCUT2D eigenvalue weighted by Crippen LogP contribution is 2.49. The molecule has 164 valence electrons. The molecule has 0 bridgehead atoms. The molecule has 30 heavy (non-hydrogen) atoms. The summed E-state index contributed by atoms with van der Waals surface area (Å²) >= 11 is 5.80. The Morgan fingerprint density at radius 3 is 2.27 bits per heavy atom. The van der Waals surface area contributed by atoms with Crippen LogP contribution in [-0.4, -0.2) is 33.6 Å². The van der Waals surface area contributed by atoms with Gasteiger partial charge in [-0.2, -0.15) is 40.2 Å². The molecule has 0 aromatic carbocycles. The van der Waals surface area contributed by atoms with Crippen LogP contribution in [0.25, 0.3) is 0 Å². The van der Waals surface area contributed by atoms with E-state index in [2.05, 4.69) is 21.8 Å². The molecule has 6 nitrogen and oxygen atoms in total. The number of aliphatic imine (C=N–C) groups is 1. The third kappa shape index (κ3) is 4.37. The van der Waals surface area contributed by atoms with Crippen LogP contribution >= 0.6 is 11.6 Å². The quantitative estimate of drug-likeness (QED) is 0.400. The van der Waals surface area contributed by atoms with Crippen LogP contribution in [0.4, 0.5) is 40.9 Å². The number of hydrogen-bond donors (Lipinski definition) is 1. The summed E-state index contributed by atoms with van der Waals surface area (Å²) in [4.78, 5) is 19.4. The summed E-state index contributed by atoms with van der Waals surface area (Å²) in [5.74, 6) is -8.72. The number of hydrogen-bond acceptors (Lipinski definition) is 4. The highest BCUT2D eigenvalue weighted by Gasteiger charge is 2.64. The van der Waals surface area contributed by atoms with Gasteiger partial charge in [-0.15, -0.1) is 0 Å². The van der Waals surface area contributed by atoms with Gasteiger partial charge in [0.1, 0.15) is 22.2 Å². The second-order valence-electron chi connectivity index (χ2n) is 5.75. The number of pyridine rings is 1. The van der Waals surface area contributed by atoms with E-state index in [0.717, 1.165) is 6.07 Å². The van der Waals surface area contributed by atoms with Crippen LogP contribution in [0.3, 0.4) is 0 Å². The molecule has 0 saturated heterocycles. The Hall–Kier alpha value is -2.77. The number of nitrogens with zero attached hydrogens (tertiary/aromatic N) is 4. The lowest BCUT2D eigenvalue weighted by Crippen LogP contribution is -2.36. The molecule has 1 amide bonds. The largest absolute Gasteiger partial charge is 0.459 e. The molecule has 2 heterocycles. The fourth-order valence-corrected chi connectivity index (χ4v) is 2.50. The molecule has 0 radical (unpaired) electrons. The fourth-order valence-electron chi connectivity index (χ4n) is 2.29. The molecule has 0 saturated carbocycles. The molecule has 0 aliphatic rings. The number of halogens is 9. The Kier molecular flexibility index (Phi) is 6.12. The van der Waals surface area contributed by atoms with Crippen molar-refractivity contribution in [1.82, 2.24) is 14.8 Å². The van der Waals surface area contributed by atoms with Crippen LogP contribution in [0.1, 0.15) is 27.3 Å². The van der Waals surface area contributed by atoms with Crippen molar-refractivity contribution in [3.05, 3.63) is 39.8 Å². The van der Waals surface area contributed by atoms with Gasteiger partial charge in [0.2, 0.25) is 0 Å². The van der Waals surface area contributed by atoms with Gasteiger partial charge in [0.05, 0.1) is 6.54 Å². The molecule has 2 aromatic rings. The predicted molar refractivity (Wildman–Crippen MR) is 88.6 cm³/mol. The lowest BCUT2D eigenvalue weighted by molar-refractivity contribution is -0.292. The van der Waals surface area contributed by atoms with Crippen molar-refractivity contribution < 1.29 is 39.9 Å². The minimum Gasteiger partial charge on any atom is -0.305 e. The van der Waals surface area contributed by atoms with Crippen molar-refractivity contribution in [3.63, 3.8) is 0 Å². The maximum absolute atomic E-state index is 13.6. The molecule has 1 N–H and O–H groups in total. The first kappa shape index (κ1) is 23.5. The minimum atomic E-state index is -6.35. The second-order valence-corrected chi connectivity index (χ2v) is 6.11. The van der Waals surface area contributed by atoms with Gasteiger partial charge in [0, 0.05) is 12.6 Å². The summed E-state index contributed by atoms with van der Waals surface area (Å²) in [5, 5.41) is 4.04. The Morgan fingerprint density at radius 2 is 1.80 bits per heavy atom. The summed E-state index contributed by atoms with van der Waals surface area (Å²) in [6.07, 6.45) is -12.1. The standard InChI is InChI=1S/C15H10ClF8N5O/c1-25-5-6-3-4-7(26-10(6)16)12(30)27-11-8(14(19,20)21)9(28-29(11)2)13(17,18)15(22,23)24/h3-4H,1,5H2,2H3,(H,27,30). The Balaban J connectivity index is 2.54. The molecule has 0 spiro atoms. The average molecular weight is 464 g/mol. The van der Waals surface area contributed by atoms with Gasteiger partial charge in [-0.3, -0.25) is 14.5 Å². The zero-order chi connectivity index (χ0) is 23.1. The van der Waals surface area contributed by atoms with Gasteiger partial charge in [-0.25, -0.2) is 4.98 Å². The number of carbonyl (C=O) groups is 1. The third-order valence-electron chi connectivity index (χ3n) is 3.66. The van der Waals surface area contributed by atoms with Gasteiger partial charge in [-0.1, -0.05) is 17.7 Å². The van der Waals surface area contributed by atoms with E-state index in [1.54, 1.807) is 5.32 Å². The molecule has 2 rings (SSSR count). The van der Waals surface area contributed by atoms with Crippen LogP contribution in [0.2, 0.25) is 5.15 Å². The molecule has 0 aliphatic heterocycles. The zero-order valence-corrected chi connectivity index (χ0v) is 15.4. The third-order valence-corrected chi connectivity index (χ3v) is 3.98. The number of rotatable bonds is 5. The van der Waals surface area contributed by atoms with E-state index in [4.69, 9.17) is 11.6 Å². The van der Waals surface area contributed by atoms with Crippen LogP contribution in [0.5, 0.6) is 0 Å². The van der Waals surface area contributed by atoms with Crippen molar-refractivity contribution in [2.75, 3.05) is 5.32 Å². The SMILES string of the molecule is C=NCc1ccc(C(=O)Nc2c(C(F)(F)F)c(C(F)(F)C(F)(F)F)nn2C)nc1Cl. The first-order valence-corrected chi connectivity index (χ1v) is 7.97. The van der Waals surface area contributed by atoms with E-state index in [9.17, 15) is 39.9 Å². The monoisotopic (exact) mass is 463 g/mol. The predicted octanol–water partition coefficient (Wildman–Crippen LogP) is 4.59. The number of anilines is 1. The first-order chi connectivity index (χ1) is 13.6. The minimum absolute atomic E-state index is 0.0174. The number of amides is 1. The maximum Gasteiger partial charge on any atom is 0.459 e. The highest BCUT2D eigenvalue weighted by atomic mass is 35.5. The number of nitrogens with one attached hydrogen (secondary N) is 1. The summed E-state index contributed by atoms with van der Waals surface area (Å²) in [6.45, 7) is 3.24. The molecular formula is C15H10ClF8N5O. The number of aromatic nitrogens is 3. The average Bonchev–Trinajstić information content (AvgIpc) is 2.93. The van der Waals surface area contributed by atoms with Crippen LogP contribution in [-0.2, 0) is 25.7 Å². The maximum atomic E-state index is 13.6. The zero-order valence-electron chi connectivity index (χ0n) is 14.7. The number of alkyl halides is 8. The lowest BCUT2D eigenvalue weighted by Gasteiger charge is -2.19. The van der Waals surface area contributed by atoms with Crippen molar-refractivity contribution in [2.24, 2.45) is 12.0 Å². The van der Waals surface area contributed by atoms with E-state index >= 15 is 0 Å². The van der Waals surface area contributed by atoms with E-state index in [1.807, 2.05) is 0 Å². The molecule has 0 unspecified atom stereocenters. The second kappa shape index (κ2) is 7.81. The Morgan fingerprint density at radius 1 is 1.20 bits per heavy atom. The van der Waals surface area contributed by atoms with Crippen LogP contribution < -0.4 is 5.32 Å². The Labute approximate surface area is 167 Å². The number of carbonyl (C=O) groups excluding carboxylic acids is 1. The van der Waals surface area contributed by atoms with E-state index in [-0.39, 0.29) is 16.4 Å². The summed E-state index contributed by atoms with van der Waals surface area (Å²) in [6, 6.07) is 2.30. The van der Waals surface area contributed by atoms with Gasteiger partial charge >= 0.3 is 18.3 Å². The van der Waals surface area contributed by atoms with Crippen LogP contribution in [0.15, 0.2) is 17.1 Å². The smallest absolute Gasteiger partial charge is 0.305 e. The molecule has 0 fully saturated rings. The molecule has 0 aliphatic carbocycles. The highest BCUT2D eigenvalue weighted by molar-refractivity contribution is 6.30. The Bertz CT molecular complexity index is 983. The van der Waals surface area contributed by atoms with Crippen molar-refractivity contribution in [1.29, 1.82) is 0 Å². The van der Waals surface area contributed by atoms with Gasteiger partial charge in [-0.05, 0) is 12.8 Å². The van der Waals surface area contributed by atoms with Crippen molar-refractivity contribution in [2.45, 2.75) is 24.8 Å². The van der Waals surface area contributed by atoms with E-state index in [1.165, 1.54) is 6.07 Å². The van der Waals surface area contributed by atoms with Gasteiger partial charge < -0.3 is 5.32 Å². The summed E-state index contributed by atoms with van der Waals surface area (Å²) in [7, 11) is 0.653. The van der Waals surface area contributed by atoms with Crippen molar-refractivity contribution in [3.8, 4) is 0 Å². The molecule has 15 heteroatoms. The van der Waals surface area contributed by atoms with Gasteiger partial charge in [0.25, 0.3) is 5.91 Å². The number of aryl methyl sites for hydroxylation is 1. The summed E-state index contributed by atoms with van der Waals surface area (Å²) < 4.78 is 105. The van der Waals surface area contributed by atoms with E-state index in [0.29, 0.717) is 12.6 Å². The first-order valence-electron chi connectivity index (χ1n) is 7.59. The molecule has 0 atom stereocenters. The topological polar surface area (TPSA) is 72.2 Å². The summed E-state index contributed by atoms with van der Waals surface area (Å²) in [5.41, 5.74) is -5.25. The van der Waals surface area contributed by atoms with Crippen LogP contribution in [0, 0.1) is 0 Å². The molecular weight excluding hydrogens is 454 g/mol. The lowest BCUT2D eigenvalue weighted by atomic mass is 10.1. The van der Waals surface area contributed by atoms with E-state index < -0.39 is 47.0 Å². The van der Waals surface area contributed by atoms with Gasteiger partial charge in [0.15, 0.2) is 5.69 Å². The van der Waals surface area contributed by atoms with Crippen molar-refractivity contribution >= 4 is 30.0 Å². The normalized spacial score (nSPS) is 12.7. The molecule has 2 aromatic heterocycles. The fraction of sp³-hybridized carbons (Fsp3) is 0.333.